The molecule has 2 aromatic rings. The lowest BCUT2D eigenvalue weighted by molar-refractivity contribution is 0.207. The Bertz CT molecular complexity index is 682. The molecule has 1 saturated heterocycles. The third-order valence-electron chi connectivity index (χ3n) is 4.10. The molecule has 6 nitrogen and oxygen atoms in total. The van der Waals surface area contributed by atoms with Gasteiger partial charge in [-0.05, 0) is 37.5 Å². The van der Waals surface area contributed by atoms with Crippen LogP contribution in [-0.4, -0.2) is 32.5 Å². The summed E-state index contributed by atoms with van der Waals surface area (Å²) in [5, 5.41) is 10.6. The number of carbonyl (C=O) groups excluding carboxylic acids is 1. The highest BCUT2D eigenvalue weighted by Gasteiger charge is 2.30. The van der Waals surface area contributed by atoms with E-state index in [1.54, 1.807) is 28.8 Å². The van der Waals surface area contributed by atoms with Crippen LogP contribution >= 0.6 is 0 Å². The maximum Gasteiger partial charge on any atom is 0.323 e. The van der Waals surface area contributed by atoms with Gasteiger partial charge in [-0.3, -0.25) is 10.00 Å². The number of aromatic nitrogens is 3. The Balaban J connectivity index is 1.76. The molecule has 22 heavy (non-hydrogen) atoms. The number of rotatable bonds is 2. The molecule has 1 aliphatic rings. The van der Waals surface area contributed by atoms with Crippen molar-refractivity contribution in [2.75, 3.05) is 11.9 Å². The molecular weight excluding hydrogens is 285 g/mol. The Morgan fingerprint density at radius 1 is 1.36 bits per heavy atom. The van der Waals surface area contributed by atoms with Gasteiger partial charge in [-0.2, -0.15) is 0 Å². The van der Waals surface area contributed by atoms with Crippen LogP contribution in [0.4, 0.5) is 15.0 Å². The Hall–Kier alpha value is -2.44. The van der Waals surface area contributed by atoms with Gasteiger partial charge in [0.1, 0.15) is 5.82 Å². The standard InChI is InChI=1S/C15H18FN5O/c1-10-14(18-19-20(10)2)17-15(22)21-9-3-4-13(21)11-5-7-12(16)8-6-11/h5-8,13H,3-4,9H2,1-2H3,(H,17,22). The first kappa shape index (κ1) is 14.5. The molecule has 1 atom stereocenters. The van der Waals surface area contributed by atoms with E-state index in [0.717, 1.165) is 24.1 Å². The molecular formula is C15H18FN5O. The maximum absolute atomic E-state index is 13.1. The molecule has 2 amide bonds. The van der Waals surface area contributed by atoms with E-state index in [0.29, 0.717) is 12.4 Å². The molecule has 1 aromatic carbocycles. The minimum absolute atomic E-state index is 0.0300. The first-order chi connectivity index (χ1) is 10.6. The summed E-state index contributed by atoms with van der Waals surface area (Å²) in [6, 6.07) is 6.10. The molecule has 0 bridgehead atoms. The van der Waals surface area contributed by atoms with Crippen LogP contribution in [0.3, 0.4) is 0 Å². The predicted octanol–water partition coefficient (Wildman–Crippen LogP) is 2.63. The number of hydrogen-bond donors (Lipinski definition) is 1. The van der Waals surface area contributed by atoms with Crippen LogP contribution in [0.15, 0.2) is 24.3 Å². The summed E-state index contributed by atoms with van der Waals surface area (Å²) in [6.07, 6.45) is 1.80. The monoisotopic (exact) mass is 303 g/mol. The largest absolute Gasteiger partial charge is 0.323 e. The lowest BCUT2D eigenvalue weighted by Crippen LogP contribution is -2.34. The first-order valence-corrected chi connectivity index (χ1v) is 7.25. The summed E-state index contributed by atoms with van der Waals surface area (Å²) >= 11 is 0. The highest BCUT2D eigenvalue weighted by Crippen LogP contribution is 2.32. The van der Waals surface area contributed by atoms with Crippen LogP contribution in [0.25, 0.3) is 0 Å². The van der Waals surface area contributed by atoms with Crippen molar-refractivity contribution in [3.8, 4) is 0 Å². The normalized spacial score (nSPS) is 17.8. The van der Waals surface area contributed by atoms with Gasteiger partial charge in [0.05, 0.1) is 11.7 Å². The van der Waals surface area contributed by atoms with Gasteiger partial charge in [-0.15, -0.1) is 5.10 Å². The quantitative estimate of drug-likeness (QED) is 0.927. The van der Waals surface area contributed by atoms with E-state index in [9.17, 15) is 9.18 Å². The van der Waals surface area contributed by atoms with Gasteiger partial charge in [0, 0.05) is 13.6 Å². The van der Waals surface area contributed by atoms with Crippen LogP contribution in [0.1, 0.15) is 30.1 Å². The second-order valence-corrected chi connectivity index (χ2v) is 5.48. The van der Waals surface area contributed by atoms with Crippen molar-refractivity contribution in [1.29, 1.82) is 0 Å². The molecule has 0 spiro atoms. The molecule has 7 heteroatoms. The van der Waals surface area contributed by atoms with Crippen molar-refractivity contribution in [1.82, 2.24) is 19.9 Å². The molecule has 1 fully saturated rings. The van der Waals surface area contributed by atoms with Crippen molar-refractivity contribution in [2.45, 2.75) is 25.8 Å². The fraction of sp³-hybridized carbons (Fsp3) is 0.400. The number of halogens is 1. The van der Waals surface area contributed by atoms with Gasteiger partial charge in [0.15, 0.2) is 5.82 Å². The maximum atomic E-state index is 13.1. The van der Waals surface area contributed by atoms with E-state index in [-0.39, 0.29) is 17.9 Å². The van der Waals surface area contributed by atoms with Crippen molar-refractivity contribution in [3.63, 3.8) is 0 Å². The molecule has 116 valence electrons. The second kappa shape index (κ2) is 5.75. The molecule has 1 unspecified atom stereocenters. The third-order valence-corrected chi connectivity index (χ3v) is 4.10. The number of urea groups is 1. The molecule has 1 aromatic heterocycles. The zero-order valence-corrected chi connectivity index (χ0v) is 12.6. The van der Waals surface area contributed by atoms with Gasteiger partial charge in [0.25, 0.3) is 0 Å². The van der Waals surface area contributed by atoms with Gasteiger partial charge < -0.3 is 4.90 Å². The third kappa shape index (κ3) is 2.66. The van der Waals surface area contributed by atoms with E-state index < -0.39 is 0 Å². The summed E-state index contributed by atoms with van der Waals surface area (Å²) in [5.41, 5.74) is 1.75. The fourth-order valence-corrected chi connectivity index (χ4v) is 2.73. The van der Waals surface area contributed by atoms with Crippen LogP contribution in [-0.2, 0) is 7.05 Å². The van der Waals surface area contributed by atoms with Gasteiger partial charge in [-0.25, -0.2) is 9.18 Å². The van der Waals surface area contributed by atoms with E-state index >= 15 is 0 Å². The van der Waals surface area contributed by atoms with Crippen molar-refractivity contribution in [2.24, 2.45) is 7.05 Å². The van der Waals surface area contributed by atoms with Gasteiger partial charge in [0.2, 0.25) is 0 Å². The number of nitrogens with one attached hydrogen (secondary N) is 1. The summed E-state index contributed by atoms with van der Waals surface area (Å²) in [6.45, 7) is 2.52. The molecule has 0 aliphatic carbocycles. The summed E-state index contributed by atoms with van der Waals surface area (Å²) < 4.78 is 14.7. The Kier molecular flexibility index (Phi) is 3.79. The number of amides is 2. The molecule has 2 heterocycles. The summed E-state index contributed by atoms with van der Waals surface area (Å²) in [4.78, 5) is 14.3. The van der Waals surface area contributed by atoms with Gasteiger partial charge >= 0.3 is 6.03 Å². The molecule has 1 N–H and O–H groups in total. The van der Waals surface area contributed by atoms with Crippen molar-refractivity contribution in [3.05, 3.63) is 41.3 Å². The van der Waals surface area contributed by atoms with Crippen LogP contribution in [0.5, 0.6) is 0 Å². The Labute approximate surface area is 127 Å². The molecule has 1 aliphatic heterocycles. The number of carbonyl (C=O) groups is 1. The average Bonchev–Trinajstić information content (AvgIpc) is 3.10. The highest BCUT2D eigenvalue weighted by atomic mass is 19.1. The number of anilines is 1. The first-order valence-electron chi connectivity index (χ1n) is 7.25. The van der Waals surface area contributed by atoms with Gasteiger partial charge in [-0.1, -0.05) is 17.3 Å². The highest BCUT2D eigenvalue weighted by molar-refractivity contribution is 5.89. The number of nitrogens with zero attached hydrogens (tertiary/aromatic N) is 4. The van der Waals surface area contributed by atoms with Crippen LogP contribution in [0.2, 0.25) is 0 Å². The lowest BCUT2D eigenvalue weighted by Gasteiger charge is -2.25. The Morgan fingerprint density at radius 2 is 2.09 bits per heavy atom. The van der Waals surface area contributed by atoms with E-state index in [2.05, 4.69) is 15.6 Å². The topological polar surface area (TPSA) is 63.1 Å². The zero-order valence-electron chi connectivity index (χ0n) is 12.6. The second-order valence-electron chi connectivity index (χ2n) is 5.48. The number of hydrogen-bond acceptors (Lipinski definition) is 3. The number of benzene rings is 1. The van der Waals surface area contributed by atoms with E-state index in [4.69, 9.17) is 0 Å². The summed E-state index contributed by atoms with van der Waals surface area (Å²) in [7, 11) is 1.77. The van der Waals surface area contributed by atoms with E-state index in [1.807, 2.05) is 6.92 Å². The predicted molar refractivity (Wildman–Crippen MR) is 79.8 cm³/mol. The smallest absolute Gasteiger partial charge is 0.317 e. The van der Waals surface area contributed by atoms with Crippen molar-refractivity contribution >= 4 is 11.8 Å². The molecule has 3 rings (SSSR count). The summed E-state index contributed by atoms with van der Waals surface area (Å²) in [5.74, 6) is 0.199. The minimum Gasteiger partial charge on any atom is -0.317 e. The molecule has 0 radical (unpaired) electrons. The SMILES string of the molecule is Cc1c(NC(=O)N2CCCC2c2ccc(F)cc2)nnn1C. The molecule has 0 saturated carbocycles. The zero-order chi connectivity index (χ0) is 15.7. The number of aryl methyl sites for hydroxylation is 1. The van der Waals surface area contributed by atoms with Crippen LogP contribution < -0.4 is 5.32 Å². The lowest BCUT2D eigenvalue weighted by atomic mass is 10.0. The average molecular weight is 303 g/mol. The van der Waals surface area contributed by atoms with Crippen molar-refractivity contribution < 1.29 is 9.18 Å². The number of likely N-dealkylation sites (tertiary alicyclic amines) is 1. The van der Waals surface area contributed by atoms with E-state index in [1.165, 1.54) is 12.1 Å². The minimum atomic E-state index is -0.270. The Morgan fingerprint density at radius 3 is 2.73 bits per heavy atom. The fourth-order valence-electron chi connectivity index (χ4n) is 2.73. The van der Waals surface area contributed by atoms with Crippen LogP contribution in [0, 0.1) is 12.7 Å².